The third-order valence-electron chi connectivity index (χ3n) is 3.15. The summed E-state index contributed by atoms with van der Waals surface area (Å²) >= 11 is 3.41. The second kappa shape index (κ2) is 5.63. The number of halogens is 1. The Labute approximate surface area is 122 Å². The first-order valence-corrected chi connectivity index (χ1v) is 8.44. The molecule has 0 aromatic heterocycles. The highest BCUT2D eigenvalue weighted by Crippen LogP contribution is 2.22. The van der Waals surface area contributed by atoms with Crippen molar-refractivity contribution >= 4 is 31.7 Å². The molecule has 106 valence electrons. The van der Waals surface area contributed by atoms with E-state index in [-0.39, 0.29) is 0 Å². The maximum Gasteiger partial charge on any atom is 0.243 e. The molecule has 0 bridgehead atoms. The fourth-order valence-corrected chi connectivity index (χ4v) is 2.46. The van der Waals surface area contributed by atoms with Crippen LogP contribution in [0.25, 0.3) is 0 Å². The van der Waals surface area contributed by atoms with Gasteiger partial charge in [0.2, 0.25) is 5.91 Å². The highest BCUT2D eigenvalue weighted by atomic mass is 79.9. The number of hydrogen-bond donors (Lipinski definition) is 0. The van der Waals surface area contributed by atoms with Gasteiger partial charge in [0.05, 0.1) is 0 Å². The number of carbonyl (C=O) groups is 1. The Balaban J connectivity index is 2.94. The van der Waals surface area contributed by atoms with Crippen molar-refractivity contribution in [3.05, 3.63) is 34.3 Å². The van der Waals surface area contributed by atoms with Crippen LogP contribution in [0.1, 0.15) is 19.4 Å². The molecule has 0 saturated carbocycles. The van der Waals surface area contributed by atoms with Crippen LogP contribution < -0.4 is 0 Å². The van der Waals surface area contributed by atoms with E-state index in [1.165, 1.54) is 18.7 Å². The minimum absolute atomic E-state index is 0.360. The Hall–Kier alpha value is -0.880. The first-order chi connectivity index (χ1) is 8.57. The molecule has 6 heteroatoms. The minimum atomic E-state index is -3.45. The average molecular weight is 348 g/mol. The van der Waals surface area contributed by atoms with Crippen LogP contribution in [0.5, 0.6) is 0 Å². The molecule has 0 heterocycles. The van der Waals surface area contributed by atoms with Crippen molar-refractivity contribution in [3.63, 3.8) is 0 Å². The third-order valence-corrected chi connectivity index (χ3v) is 5.96. The van der Waals surface area contributed by atoms with Gasteiger partial charge in [-0.25, -0.2) is 8.42 Å². The van der Waals surface area contributed by atoms with E-state index in [0.29, 0.717) is 6.54 Å². The second-order valence-electron chi connectivity index (χ2n) is 5.04. The van der Waals surface area contributed by atoms with Gasteiger partial charge in [0.15, 0.2) is 9.84 Å². The molecule has 0 aliphatic carbocycles. The summed E-state index contributed by atoms with van der Waals surface area (Å²) in [6.07, 6.45) is 1.08. The van der Waals surface area contributed by atoms with Gasteiger partial charge in [-0.1, -0.05) is 34.1 Å². The van der Waals surface area contributed by atoms with E-state index in [9.17, 15) is 13.2 Å². The molecule has 0 atom stereocenters. The molecule has 0 radical (unpaired) electrons. The van der Waals surface area contributed by atoms with Crippen molar-refractivity contribution in [2.45, 2.75) is 25.1 Å². The molecular weight excluding hydrogens is 330 g/mol. The molecule has 0 saturated heterocycles. The Morgan fingerprint density at radius 3 is 2.32 bits per heavy atom. The molecule has 0 N–H and O–H groups in total. The fourth-order valence-electron chi connectivity index (χ4n) is 1.57. The van der Waals surface area contributed by atoms with Crippen molar-refractivity contribution in [2.24, 2.45) is 0 Å². The number of benzene rings is 1. The number of carbonyl (C=O) groups excluding carboxylic acids is 1. The summed E-state index contributed by atoms with van der Waals surface area (Å²) in [5.74, 6) is -0.411. The normalized spacial score (nSPS) is 12.3. The Bertz CT molecular complexity index is 581. The monoisotopic (exact) mass is 347 g/mol. The van der Waals surface area contributed by atoms with E-state index in [0.717, 1.165) is 16.3 Å². The van der Waals surface area contributed by atoms with E-state index in [4.69, 9.17) is 0 Å². The lowest BCUT2D eigenvalue weighted by atomic mass is 10.1. The summed E-state index contributed by atoms with van der Waals surface area (Å²) in [7, 11) is -1.85. The average Bonchev–Trinajstić information content (AvgIpc) is 2.29. The van der Waals surface area contributed by atoms with Crippen LogP contribution in [0.4, 0.5) is 0 Å². The van der Waals surface area contributed by atoms with Gasteiger partial charge < -0.3 is 4.90 Å². The summed E-state index contributed by atoms with van der Waals surface area (Å²) in [6, 6.07) is 7.53. The van der Waals surface area contributed by atoms with Gasteiger partial charge in [-0.3, -0.25) is 4.79 Å². The lowest BCUT2D eigenvalue weighted by Crippen LogP contribution is -2.48. The summed E-state index contributed by atoms with van der Waals surface area (Å²) in [5, 5.41) is 0. The Morgan fingerprint density at radius 2 is 1.84 bits per heavy atom. The summed E-state index contributed by atoms with van der Waals surface area (Å²) in [5.41, 5.74) is 0.933. The van der Waals surface area contributed by atoms with Gasteiger partial charge in [-0.2, -0.15) is 0 Å². The van der Waals surface area contributed by atoms with Crippen LogP contribution in [0.3, 0.4) is 0 Å². The standard InChI is InChI=1S/C13H18BrNO3S/c1-13(2,19(4,17)18)12(16)15(3)9-10-7-5-6-8-11(10)14/h5-8H,9H2,1-4H3. The molecule has 1 rings (SSSR count). The molecule has 4 nitrogen and oxygen atoms in total. The molecule has 0 fully saturated rings. The lowest BCUT2D eigenvalue weighted by Gasteiger charge is -2.28. The van der Waals surface area contributed by atoms with Crippen molar-refractivity contribution in [2.75, 3.05) is 13.3 Å². The van der Waals surface area contributed by atoms with Gasteiger partial charge in [-0.15, -0.1) is 0 Å². The number of rotatable bonds is 4. The fraction of sp³-hybridized carbons (Fsp3) is 0.462. The molecule has 0 aliphatic heterocycles. The van der Waals surface area contributed by atoms with E-state index < -0.39 is 20.5 Å². The van der Waals surface area contributed by atoms with Crippen molar-refractivity contribution in [1.29, 1.82) is 0 Å². The van der Waals surface area contributed by atoms with Gasteiger partial charge in [0.1, 0.15) is 4.75 Å². The van der Waals surface area contributed by atoms with Crippen LogP contribution >= 0.6 is 15.9 Å². The van der Waals surface area contributed by atoms with Gasteiger partial charge in [-0.05, 0) is 25.5 Å². The van der Waals surface area contributed by atoms with E-state index in [1.54, 1.807) is 7.05 Å². The van der Waals surface area contributed by atoms with E-state index >= 15 is 0 Å². The number of amides is 1. The Kier molecular flexibility index (Phi) is 4.79. The first-order valence-electron chi connectivity index (χ1n) is 5.76. The SMILES string of the molecule is CN(Cc1ccccc1Br)C(=O)C(C)(C)S(C)(=O)=O. The number of sulfone groups is 1. The summed E-state index contributed by atoms with van der Waals surface area (Å²) in [4.78, 5) is 13.7. The molecular formula is C13H18BrNO3S. The molecule has 1 aromatic carbocycles. The molecule has 1 aromatic rings. The predicted molar refractivity (Wildman–Crippen MR) is 79.5 cm³/mol. The smallest absolute Gasteiger partial charge is 0.243 e. The summed E-state index contributed by atoms with van der Waals surface area (Å²) in [6.45, 7) is 3.22. The zero-order valence-corrected chi connectivity index (χ0v) is 13.9. The molecule has 0 unspecified atom stereocenters. The van der Waals surface area contributed by atoms with Crippen LogP contribution in [0.2, 0.25) is 0 Å². The summed E-state index contributed by atoms with van der Waals surface area (Å²) < 4.78 is 22.8. The van der Waals surface area contributed by atoms with Gasteiger partial charge in [0, 0.05) is 24.3 Å². The third kappa shape index (κ3) is 3.57. The highest BCUT2D eigenvalue weighted by Gasteiger charge is 2.40. The topological polar surface area (TPSA) is 54.5 Å². The number of hydrogen-bond acceptors (Lipinski definition) is 3. The quantitative estimate of drug-likeness (QED) is 0.839. The highest BCUT2D eigenvalue weighted by molar-refractivity contribution is 9.10. The first kappa shape index (κ1) is 16.2. The predicted octanol–water partition coefficient (Wildman–Crippen LogP) is 2.23. The van der Waals surface area contributed by atoms with Crippen LogP contribution in [0, 0.1) is 0 Å². The molecule has 1 amide bonds. The Morgan fingerprint density at radius 1 is 1.32 bits per heavy atom. The van der Waals surface area contributed by atoms with Crippen LogP contribution in [-0.4, -0.2) is 37.3 Å². The van der Waals surface area contributed by atoms with Gasteiger partial charge in [0.25, 0.3) is 0 Å². The second-order valence-corrected chi connectivity index (χ2v) is 8.45. The van der Waals surface area contributed by atoms with Crippen LogP contribution in [-0.2, 0) is 21.2 Å². The van der Waals surface area contributed by atoms with E-state index in [2.05, 4.69) is 15.9 Å². The molecule has 0 aliphatic rings. The van der Waals surface area contributed by atoms with Crippen LogP contribution in [0.15, 0.2) is 28.7 Å². The van der Waals surface area contributed by atoms with Crippen molar-refractivity contribution < 1.29 is 13.2 Å². The zero-order valence-electron chi connectivity index (χ0n) is 11.5. The molecule has 0 spiro atoms. The molecule has 19 heavy (non-hydrogen) atoms. The van der Waals surface area contributed by atoms with Crippen molar-refractivity contribution in [3.8, 4) is 0 Å². The van der Waals surface area contributed by atoms with Gasteiger partial charge >= 0.3 is 0 Å². The van der Waals surface area contributed by atoms with E-state index in [1.807, 2.05) is 24.3 Å². The minimum Gasteiger partial charge on any atom is -0.340 e. The largest absolute Gasteiger partial charge is 0.340 e. The number of nitrogens with zero attached hydrogens (tertiary/aromatic N) is 1. The maximum absolute atomic E-state index is 12.3. The maximum atomic E-state index is 12.3. The van der Waals surface area contributed by atoms with Crippen molar-refractivity contribution in [1.82, 2.24) is 4.90 Å². The lowest BCUT2D eigenvalue weighted by molar-refractivity contribution is -0.132. The zero-order chi connectivity index (χ0) is 14.8.